The molecule has 0 unspecified atom stereocenters. The zero-order valence-electron chi connectivity index (χ0n) is 18.4. The van der Waals surface area contributed by atoms with Crippen molar-refractivity contribution in [3.8, 4) is 17.2 Å². The van der Waals surface area contributed by atoms with Crippen molar-refractivity contribution in [1.82, 2.24) is 14.8 Å². The summed E-state index contributed by atoms with van der Waals surface area (Å²) in [6.45, 7) is 0.440. The molecular formula is C25H24N4O3S. The second-order valence-corrected chi connectivity index (χ2v) is 8.01. The van der Waals surface area contributed by atoms with Crippen molar-refractivity contribution in [2.45, 2.75) is 11.7 Å². The lowest BCUT2D eigenvalue weighted by Gasteiger charge is -2.13. The maximum atomic E-state index is 12.7. The van der Waals surface area contributed by atoms with Crippen LogP contribution in [0.3, 0.4) is 0 Å². The standard InChI is InChI=1S/C25H24N4O3S/c1-31-20-14-12-18(13-15-20)22(30)17-33-25-28-27-24(29(25)19-8-4-3-5-9-19)16-26-21-10-6-7-11-23(21)32-2/h3-15,26H,16-17H2,1-2H3. The van der Waals surface area contributed by atoms with Crippen molar-refractivity contribution < 1.29 is 14.3 Å². The Kier molecular flexibility index (Phi) is 7.26. The van der Waals surface area contributed by atoms with E-state index in [2.05, 4.69) is 15.5 Å². The van der Waals surface area contributed by atoms with Gasteiger partial charge in [0, 0.05) is 11.3 Å². The number of nitrogens with one attached hydrogen (secondary N) is 1. The number of hydrogen-bond acceptors (Lipinski definition) is 7. The number of para-hydroxylation sites is 3. The third kappa shape index (κ3) is 5.35. The van der Waals surface area contributed by atoms with E-state index >= 15 is 0 Å². The van der Waals surface area contributed by atoms with Crippen LogP contribution in [0.15, 0.2) is 84.0 Å². The van der Waals surface area contributed by atoms with E-state index in [0.717, 1.165) is 28.7 Å². The second kappa shape index (κ2) is 10.7. The molecule has 0 amide bonds. The number of carbonyl (C=O) groups is 1. The van der Waals surface area contributed by atoms with Crippen molar-refractivity contribution in [1.29, 1.82) is 0 Å². The van der Waals surface area contributed by atoms with Gasteiger partial charge in [-0.15, -0.1) is 10.2 Å². The monoisotopic (exact) mass is 460 g/mol. The fourth-order valence-corrected chi connectivity index (χ4v) is 4.17. The zero-order chi connectivity index (χ0) is 23.0. The molecule has 0 aliphatic carbocycles. The van der Waals surface area contributed by atoms with Crippen LogP contribution in [0.4, 0.5) is 5.69 Å². The fraction of sp³-hybridized carbons (Fsp3) is 0.160. The average molecular weight is 461 g/mol. The van der Waals surface area contributed by atoms with E-state index in [-0.39, 0.29) is 11.5 Å². The van der Waals surface area contributed by atoms with E-state index in [4.69, 9.17) is 9.47 Å². The van der Waals surface area contributed by atoms with Crippen LogP contribution in [0.2, 0.25) is 0 Å². The van der Waals surface area contributed by atoms with Crippen LogP contribution in [0.25, 0.3) is 5.69 Å². The minimum atomic E-state index is 0.0129. The van der Waals surface area contributed by atoms with E-state index in [1.165, 1.54) is 11.8 Å². The first-order valence-corrected chi connectivity index (χ1v) is 11.3. The Morgan fingerprint density at radius 2 is 1.64 bits per heavy atom. The normalized spacial score (nSPS) is 10.6. The maximum absolute atomic E-state index is 12.7. The molecule has 168 valence electrons. The quantitative estimate of drug-likeness (QED) is 0.267. The molecule has 0 aliphatic rings. The largest absolute Gasteiger partial charge is 0.497 e. The summed E-state index contributed by atoms with van der Waals surface area (Å²) < 4.78 is 12.6. The van der Waals surface area contributed by atoms with Gasteiger partial charge in [-0.3, -0.25) is 9.36 Å². The van der Waals surface area contributed by atoms with E-state index in [1.54, 1.807) is 38.5 Å². The van der Waals surface area contributed by atoms with Gasteiger partial charge in [0.05, 0.1) is 32.2 Å². The number of anilines is 1. The molecule has 4 aromatic rings. The summed E-state index contributed by atoms with van der Waals surface area (Å²) in [4.78, 5) is 12.7. The third-order valence-corrected chi connectivity index (χ3v) is 5.93. The predicted octanol–water partition coefficient (Wildman–Crippen LogP) is 4.87. The lowest BCUT2D eigenvalue weighted by molar-refractivity contribution is 0.102. The van der Waals surface area contributed by atoms with Crippen LogP contribution in [-0.2, 0) is 6.54 Å². The molecule has 0 fully saturated rings. The Morgan fingerprint density at radius 3 is 2.36 bits per heavy atom. The SMILES string of the molecule is COc1ccc(C(=O)CSc2nnc(CNc3ccccc3OC)n2-c2ccccc2)cc1. The van der Waals surface area contributed by atoms with Gasteiger partial charge < -0.3 is 14.8 Å². The van der Waals surface area contributed by atoms with Crippen molar-refractivity contribution in [2.24, 2.45) is 0 Å². The highest BCUT2D eigenvalue weighted by atomic mass is 32.2. The number of benzene rings is 3. The Labute approximate surface area is 196 Å². The second-order valence-electron chi connectivity index (χ2n) is 7.06. The Bertz CT molecular complexity index is 1210. The summed E-state index contributed by atoms with van der Waals surface area (Å²) in [5.41, 5.74) is 2.43. The van der Waals surface area contributed by atoms with E-state index in [9.17, 15) is 4.79 Å². The van der Waals surface area contributed by atoms with Crippen molar-refractivity contribution in [3.05, 3.63) is 90.3 Å². The van der Waals surface area contributed by atoms with Crippen LogP contribution in [-0.4, -0.2) is 40.5 Å². The Hall–Kier alpha value is -3.78. The van der Waals surface area contributed by atoms with E-state index in [1.807, 2.05) is 59.2 Å². The van der Waals surface area contributed by atoms with Gasteiger partial charge in [-0.05, 0) is 48.5 Å². The van der Waals surface area contributed by atoms with Crippen LogP contribution >= 0.6 is 11.8 Å². The molecule has 4 rings (SSSR count). The summed E-state index contributed by atoms with van der Waals surface area (Å²) >= 11 is 1.36. The molecule has 1 N–H and O–H groups in total. The van der Waals surface area contributed by atoms with Crippen LogP contribution in [0.5, 0.6) is 11.5 Å². The topological polar surface area (TPSA) is 78.3 Å². The number of carbonyl (C=O) groups excluding carboxylic acids is 1. The summed E-state index contributed by atoms with van der Waals surface area (Å²) in [5, 5.41) is 12.8. The molecule has 0 saturated heterocycles. The molecule has 1 aromatic heterocycles. The predicted molar refractivity (Wildman–Crippen MR) is 130 cm³/mol. The molecule has 0 radical (unpaired) electrons. The number of hydrogen-bond donors (Lipinski definition) is 1. The number of aromatic nitrogens is 3. The smallest absolute Gasteiger partial charge is 0.196 e. The van der Waals surface area contributed by atoms with Crippen molar-refractivity contribution in [2.75, 3.05) is 25.3 Å². The molecule has 7 nitrogen and oxygen atoms in total. The number of ketones is 1. The summed E-state index contributed by atoms with van der Waals surface area (Å²) in [7, 11) is 3.24. The summed E-state index contributed by atoms with van der Waals surface area (Å²) in [5.74, 6) is 2.46. The van der Waals surface area contributed by atoms with Gasteiger partial charge in [0.15, 0.2) is 16.8 Å². The minimum absolute atomic E-state index is 0.0129. The van der Waals surface area contributed by atoms with Gasteiger partial charge in [-0.1, -0.05) is 42.1 Å². The first kappa shape index (κ1) is 22.4. The van der Waals surface area contributed by atoms with Gasteiger partial charge in [0.2, 0.25) is 0 Å². The molecule has 0 aliphatic heterocycles. The van der Waals surface area contributed by atoms with Gasteiger partial charge in [-0.25, -0.2) is 0 Å². The van der Waals surface area contributed by atoms with Crippen molar-refractivity contribution >= 4 is 23.2 Å². The minimum Gasteiger partial charge on any atom is -0.497 e. The molecular weight excluding hydrogens is 436 g/mol. The highest BCUT2D eigenvalue weighted by Crippen LogP contribution is 2.26. The summed E-state index contributed by atoms with van der Waals surface area (Å²) in [6.07, 6.45) is 0. The lowest BCUT2D eigenvalue weighted by Crippen LogP contribution is -2.09. The van der Waals surface area contributed by atoms with Crippen LogP contribution < -0.4 is 14.8 Å². The van der Waals surface area contributed by atoms with E-state index in [0.29, 0.717) is 17.3 Å². The number of nitrogens with zero attached hydrogens (tertiary/aromatic N) is 3. The third-order valence-electron chi connectivity index (χ3n) is 5.00. The first-order chi connectivity index (χ1) is 16.2. The van der Waals surface area contributed by atoms with Gasteiger partial charge in [0.1, 0.15) is 11.5 Å². The number of thioether (sulfide) groups is 1. The highest BCUT2D eigenvalue weighted by molar-refractivity contribution is 7.99. The molecule has 0 saturated carbocycles. The van der Waals surface area contributed by atoms with Crippen molar-refractivity contribution in [3.63, 3.8) is 0 Å². The summed E-state index contributed by atoms with van der Waals surface area (Å²) in [6, 6.07) is 24.7. The molecule has 1 heterocycles. The number of ether oxygens (including phenoxy) is 2. The number of rotatable bonds is 10. The molecule has 0 spiro atoms. The van der Waals surface area contributed by atoms with Gasteiger partial charge in [0.25, 0.3) is 0 Å². The molecule has 0 atom stereocenters. The molecule has 8 heteroatoms. The number of Topliss-reactive ketones (excluding diaryl/α,β-unsaturated/α-hetero) is 1. The van der Waals surface area contributed by atoms with Crippen LogP contribution in [0.1, 0.15) is 16.2 Å². The fourth-order valence-electron chi connectivity index (χ4n) is 3.30. The average Bonchev–Trinajstić information content (AvgIpc) is 3.29. The van der Waals surface area contributed by atoms with Gasteiger partial charge in [-0.2, -0.15) is 0 Å². The highest BCUT2D eigenvalue weighted by Gasteiger charge is 2.17. The number of methoxy groups -OCH3 is 2. The molecule has 33 heavy (non-hydrogen) atoms. The maximum Gasteiger partial charge on any atom is 0.196 e. The molecule has 3 aromatic carbocycles. The lowest BCUT2D eigenvalue weighted by atomic mass is 10.1. The van der Waals surface area contributed by atoms with Gasteiger partial charge >= 0.3 is 0 Å². The Balaban J connectivity index is 1.54. The zero-order valence-corrected chi connectivity index (χ0v) is 19.2. The van der Waals surface area contributed by atoms with E-state index < -0.39 is 0 Å². The first-order valence-electron chi connectivity index (χ1n) is 10.4. The molecule has 0 bridgehead atoms. The Morgan fingerprint density at radius 1 is 0.909 bits per heavy atom. The van der Waals surface area contributed by atoms with Crippen LogP contribution in [0, 0.1) is 0 Å².